The lowest BCUT2D eigenvalue weighted by molar-refractivity contribution is -0.137. The van der Waals surface area contributed by atoms with Crippen molar-refractivity contribution in [3.63, 3.8) is 0 Å². The second-order valence-electron chi connectivity index (χ2n) is 8.59. The van der Waals surface area contributed by atoms with Crippen molar-refractivity contribution in [2.75, 3.05) is 32.7 Å². The first-order chi connectivity index (χ1) is 14.9. The zero-order valence-corrected chi connectivity index (χ0v) is 17.6. The molecule has 4 nitrogen and oxygen atoms in total. The van der Waals surface area contributed by atoms with Gasteiger partial charge in [0.1, 0.15) is 0 Å². The molecule has 0 unspecified atom stereocenters. The standard InChI is InChI=1S/C24H28F3N3O/c25-24(26,27)20-10-8-18(9-11-20)15-21-6-3-7-22(28-21)19-5-4-12-29(16-19)17-23(31)30-13-1-2-14-30/h3,6-11,19H,1-2,4-5,12-17H2/t19-/m1/s1. The van der Waals surface area contributed by atoms with E-state index in [1.807, 2.05) is 23.1 Å². The van der Waals surface area contributed by atoms with Crippen LogP contribution in [0.15, 0.2) is 42.5 Å². The molecule has 2 aliphatic heterocycles. The smallest absolute Gasteiger partial charge is 0.342 e. The molecule has 1 aromatic heterocycles. The monoisotopic (exact) mass is 431 g/mol. The fourth-order valence-corrected chi connectivity index (χ4v) is 4.54. The van der Waals surface area contributed by atoms with E-state index in [9.17, 15) is 18.0 Å². The van der Waals surface area contributed by atoms with Gasteiger partial charge in [-0.3, -0.25) is 14.7 Å². The summed E-state index contributed by atoms with van der Waals surface area (Å²) >= 11 is 0. The van der Waals surface area contributed by atoms with Gasteiger partial charge in [0.25, 0.3) is 0 Å². The van der Waals surface area contributed by atoms with Crippen LogP contribution < -0.4 is 0 Å². The van der Waals surface area contributed by atoms with Crippen LogP contribution in [-0.2, 0) is 17.4 Å². The number of benzene rings is 1. The summed E-state index contributed by atoms with van der Waals surface area (Å²) in [5.41, 5.74) is 2.02. The molecule has 4 rings (SSSR count). The van der Waals surface area contributed by atoms with Crippen molar-refractivity contribution in [1.29, 1.82) is 0 Å². The van der Waals surface area contributed by atoms with Gasteiger partial charge in [0.05, 0.1) is 12.1 Å². The van der Waals surface area contributed by atoms with Gasteiger partial charge in [0.15, 0.2) is 0 Å². The van der Waals surface area contributed by atoms with Crippen LogP contribution in [0.4, 0.5) is 13.2 Å². The number of aromatic nitrogens is 1. The summed E-state index contributed by atoms with van der Waals surface area (Å²) < 4.78 is 38.3. The first-order valence-electron chi connectivity index (χ1n) is 11.0. The number of pyridine rings is 1. The van der Waals surface area contributed by atoms with Crippen LogP contribution in [0.5, 0.6) is 0 Å². The van der Waals surface area contributed by atoms with E-state index in [-0.39, 0.29) is 11.8 Å². The Morgan fingerprint density at radius 3 is 2.45 bits per heavy atom. The molecular weight excluding hydrogens is 403 g/mol. The van der Waals surface area contributed by atoms with Crippen LogP contribution in [0, 0.1) is 0 Å². The summed E-state index contributed by atoms with van der Waals surface area (Å²) in [5.74, 6) is 0.495. The van der Waals surface area contributed by atoms with E-state index in [4.69, 9.17) is 4.98 Å². The molecule has 31 heavy (non-hydrogen) atoms. The van der Waals surface area contributed by atoms with Gasteiger partial charge in [-0.15, -0.1) is 0 Å². The molecular formula is C24H28F3N3O. The predicted molar refractivity (Wildman–Crippen MR) is 113 cm³/mol. The average molecular weight is 432 g/mol. The second-order valence-corrected chi connectivity index (χ2v) is 8.59. The minimum absolute atomic E-state index is 0.224. The Bertz CT molecular complexity index is 892. The van der Waals surface area contributed by atoms with Gasteiger partial charge in [-0.05, 0) is 62.1 Å². The number of piperidine rings is 1. The van der Waals surface area contributed by atoms with Crippen molar-refractivity contribution in [1.82, 2.24) is 14.8 Å². The molecule has 0 spiro atoms. The van der Waals surface area contributed by atoms with Gasteiger partial charge < -0.3 is 4.90 Å². The maximum absolute atomic E-state index is 12.8. The fraction of sp³-hybridized carbons (Fsp3) is 0.500. The van der Waals surface area contributed by atoms with Crippen LogP contribution in [0.1, 0.15) is 54.1 Å². The van der Waals surface area contributed by atoms with Gasteiger partial charge in [0.2, 0.25) is 5.91 Å². The lowest BCUT2D eigenvalue weighted by atomic mass is 9.93. The molecule has 0 saturated carbocycles. The van der Waals surface area contributed by atoms with Crippen molar-refractivity contribution in [2.45, 2.75) is 44.2 Å². The molecule has 2 saturated heterocycles. The van der Waals surface area contributed by atoms with Crippen molar-refractivity contribution in [3.05, 3.63) is 65.0 Å². The molecule has 3 heterocycles. The predicted octanol–water partition coefficient (Wildman–Crippen LogP) is 4.49. The van der Waals surface area contributed by atoms with Crippen LogP contribution in [0.25, 0.3) is 0 Å². The van der Waals surface area contributed by atoms with E-state index in [0.717, 1.165) is 80.9 Å². The Hall–Kier alpha value is -2.41. The molecule has 166 valence electrons. The number of hydrogen-bond donors (Lipinski definition) is 0. The van der Waals surface area contributed by atoms with Crippen LogP contribution in [-0.4, -0.2) is 53.4 Å². The number of rotatable bonds is 5. The van der Waals surface area contributed by atoms with E-state index >= 15 is 0 Å². The largest absolute Gasteiger partial charge is 0.416 e. The number of carbonyl (C=O) groups excluding carboxylic acids is 1. The highest BCUT2D eigenvalue weighted by Crippen LogP contribution is 2.30. The second kappa shape index (κ2) is 9.39. The van der Waals surface area contributed by atoms with E-state index in [1.165, 1.54) is 12.1 Å². The SMILES string of the molecule is O=C(CN1CCC[C@@H](c2cccc(Cc3ccc(C(F)(F)F)cc3)n2)C1)N1CCCC1. The van der Waals surface area contributed by atoms with Gasteiger partial charge in [-0.2, -0.15) is 13.2 Å². The van der Waals surface area contributed by atoms with Crippen LogP contribution in [0.2, 0.25) is 0 Å². The summed E-state index contributed by atoms with van der Waals surface area (Å²) in [5, 5.41) is 0. The molecule has 0 bridgehead atoms. The maximum Gasteiger partial charge on any atom is 0.416 e. The fourth-order valence-electron chi connectivity index (χ4n) is 4.54. The Morgan fingerprint density at radius 1 is 1.00 bits per heavy atom. The molecule has 7 heteroatoms. The van der Waals surface area contributed by atoms with E-state index in [0.29, 0.717) is 13.0 Å². The summed E-state index contributed by atoms with van der Waals surface area (Å²) in [6.45, 7) is 3.98. The Balaban J connectivity index is 1.38. The quantitative estimate of drug-likeness (QED) is 0.700. The van der Waals surface area contributed by atoms with Crippen molar-refractivity contribution in [2.24, 2.45) is 0 Å². The molecule has 0 radical (unpaired) electrons. The molecule has 0 aliphatic carbocycles. The third-order valence-electron chi connectivity index (χ3n) is 6.24. The lowest BCUT2D eigenvalue weighted by Gasteiger charge is -2.33. The van der Waals surface area contributed by atoms with E-state index in [2.05, 4.69) is 4.90 Å². The first kappa shape index (κ1) is 21.8. The average Bonchev–Trinajstić information content (AvgIpc) is 3.29. The summed E-state index contributed by atoms with van der Waals surface area (Å²) in [4.78, 5) is 21.5. The van der Waals surface area contributed by atoms with Crippen molar-refractivity contribution in [3.8, 4) is 0 Å². The number of nitrogens with zero attached hydrogens (tertiary/aromatic N) is 3. The van der Waals surface area contributed by atoms with Gasteiger partial charge in [-0.25, -0.2) is 0 Å². The highest BCUT2D eigenvalue weighted by atomic mass is 19.4. The molecule has 2 aliphatic rings. The van der Waals surface area contributed by atoms with Crippen molar-refractivity contribution < 1.29 is 18.0 Å². The highest BCUT2D eigenvalue weighted by Gasteiger charge is 2.30. The first-order valence-corrected chi connectivity index (χ1v) is 11.0. The molecule has 2 fully saturated rings. The summed E-state index contributed by atoms with van der Waals surface area (Å²) in [6, 6.07) is 11.2. The highest BCUT2D eigenvalue weighted by molar-refractivity contribution is 5.78. The van der Waals surface area contributed by atoms with Gasteiger partial charge in [0, 0.05) is 43.4 Å². The minimum Gasteiger partial charge on any atom is -0.342 e. The minimum atomic E-state index is -4.32. The number of alkyl halides is 3. The van der Waals surface area contributed by atoms with E-state index < -0.39 is 11.7 Å². The molecule has 2 aromatic rings. The Labute approximate surface area is 181 Å². The molecule has 1 atom stereocenters. The zero-order valence-electron chi connectivity index (χ0n) is 17.6. The molecule has 1 amide bonds. The topological polar surface area (TPSA) is 36.4 Å². The van der Waals surface area contributed by atoms with Crippen molar-refractivity contribution >= 4 is 5.91 Å². The van der Waals surface area contributed by atoms with E-state index in [1.54, 1.807) is 0 Å². The maximum atomic E-state index is 12.8. The van der Waals surface area contributed by atoms with Gasteiger partial charge >= 0.3 is 6.18 Å². The summed E-state index contributed by atoms with van der Waals surface area (Å²) in [7, 11) is 0. The normalized spacial score (nSPS) is 20.2. The number of hydrogen-bond acceptors (Lipinski definition) is 3. The Kier molecular flexibility index (Phi) is 6.60. The van der Waals surface area contributed by atoms with Crippen LogP contribution >= 0.6 is 0 Å². The van der Waals surface area contributed by atoms with Gasteiger partial charge in [-0.1, -0.05) is 18.2 Å². The zero-order chi connectivity index (χ0) is 21.8. The lowest BCUT2D eigenvalue weighted by Crippen LogP contribution is -2.43. The number of likely N-dealkylation sites (tertiary alicyclic amines) is 2. The third kappa shape index (κ3) is 5.64. The Morgan fingerprint density at radius 2 is 1.74 bits per heavy atom. The number of halogens is 3. The molecule has 0 N–H and O–H groups in total. The number of amides is 1. The number of carbonyl (C=O) groups is 1. The third-order valence-corrected chi connectivity index (χ3v) is 6.24. The molecule has 1 aromatic carbocycles. The summed E-state index contributed by atoms with van der Waals surface area (Å²) in [6.07, 6.45) is 0.442. The van der Waals surface area contributed by atoms with Crippen LogP contribution in [0.3, 0.4) is 0 Å².